The van der Waals surface area contributed by atoms with Gasteiger partial charge in [0, 0.05) is 20.0 Å². The molecule has 1 rings (SSSR count). The summed E-state index contributed by atoms with van der Waals surface area (Å²) in [5, 5.41) is 8.70. The molecule has 0 aromatic heterocycles. The van der Waals surface area contributed by atoms with E-state index in [-0.39, 0.29) is 24.3 Å². The summed E-state index contributed by atoms with van der Waals surface area (Å²) < 4.78 is 0. The van der Waals surface area contributed by atoms with Gasteiger partial charge in [-0.05, 0) is 12.3 Å². The predicted molar refractivity (Wildman–Crippen MR) is 64.8 cm³/mol. The number of hydrogen-bond donors (Lipinski definition) is 1. The zero-order valence-electron chi connectivity index (χ0n) is 11.0. The van der Waals surface area contributed by atoms with Crippen LogP contribution in [0.3, 0.4) is 0 Å². The minimum Gasteiger partial charge on any atom is -0.480 e. The van der Waals surface area contributed by atoms with E-state index in [4.69, 9.17) is 5.11 Å². The van der Waals surface area contributed by atoms with E-state index in [0.29, 0.717) is 13.0 Å². The number of hydrogen-bond acceptors (Lipinski definition) is 3. The normalized spacial score (nSPS) is 17.1. The van der Waals surface area contributed by atoms with Crippen LogP contribution < -0.4 is 0 Å². The minimum absolute atomic E-state index is 0.0224. The van der Waals surface area contributed by atoms with Gasteiger partial charge in [0.2, 0.25) is 11.8 Å². The van der Waals surface area contributed by atoms with Gasteiger partial charge in [0.1, 0.15) is 12.6 Å². The molecule has 0 spiro atoms. The molecule has 6 heteroatoms. The maximum absolute atomic E-state index is 12.2. The number of rotatable bonds is 5. The van der Waals surface area contributed by atoms with Crippen molar-refractivity contribution in [3.63, 3.8) is 0 Å². The molecule has 0 saturated carbocycles. The smallest absolute Gasteiger partial charge is 0.323 e. The van der Waals surface area contributed by atoms with Crippen LogP contribution in [0.15, 0.2) is 0 Å². The predicted octanol–water partition coefficient (Wildman–Crippen LogP) is 0.176. The van der Waals surface area contributed by atoms with Crippen LogP contribution >= 0.6 is 0 Å². The van der Waals surface area contributed by atoms with E-state index in [1.807, 2.05) is 13.8 Å². The molecule has 6 nitrogen and oxygen atoms in total. The van der Waals surface area contributed by atoms with Gasteiger partial charge in [-0.1, -0.05) is 13.8 Å². The molecular weight excluding hydrogens is 236 g/mol. The van der Waals surface area contributed by atoms with E-state index in [9.17, 15) is 14.4 Å². The standard InChI is InChI=1S/C12H20N2O4/c1-8(2)11(14-6-4-5-9(14)15)12(18)13(3)7-10(16)17/h8,11H,4-7H2,1-3H3,(H,16,17)/t11-/m1/s1. The summed E-state index contributed by atoms with van der Waals surface area (Å²) in [5.74, 6) is -1.41. The monoisotopic (exact) mass is 256 g/mol. The van der Waals surface area contributed by atoms with Gasteiger partial charge in [-0.25, -0.2) is 0 Å². The molecule has 1 fully saturated rings. The van der Waals surface area contributed by atoms with Crippen molar-refractivity contribution in [3.05, 3.63) is 0 Å². The first kappa shape index (κ1) is 14.5. The molecule has 18 heavy (non-hydrogen) atoms. The number of likely N-dealkylation sites (tertiary alicyclic amines) is 1. The Labute approximate surface area is 107 Å². The Kier molecular flexibility index (Phi) is 4.69. The Morgan fingerprint density at radius 1 is 1.44 bits per heavy atom. The van der Waals surface area contributed by atoms with Gasteiger partial charge in [0.15, 0.2) is 0 Å². The minimum atomic E-state index is -1.05. The molecule has 0 aliphatic carbocycles. The zero-order valence-corrected chi connectivity index (χ0v) is 11.0. The number of likely N-dealkylation sites (N-methyl/N-ethyl adjacent to an activating group) is 1. The van der Waals surface area contributed by atoms with Gasteiger partial charge in [-0.2, -0.15) is 0 Å². The summed E-state index contributed by atoms with van der Waals surface area (Å²) in [6.07, 6.45) is 1.23. The SMILES string of the molecule is CC(C)[C@H](C(=O)N(C)CC(=O)O)N1CCCC1=O. The van der Waals surface area contributed by atoms with Crippen molar-refractivity contribution in [1.29, 1.82) is 0 Å². The van der Waals surface area contributed by atoms with Crippen molar-refractivity contribution in [3.8, 4) is 0 Å². The molecule has 1 aliphatic heterocycles. The number of nitrogens with zero attached hydrogens (tertiary/aromatic N) is 2. The third kappa shape index (κ3) is 3.21. The lowest BCUT2D eigenvalue weighted by Crippen LogP contribution is -2.51. The fraction of sp³-hybridized carbons (Fsp3) is 0.750. The molecule has 1 N–H and O–H groups in total. The first-order valence-electron chi connectivity index (χ1n) is 6.10. The Hall–Kier alpha value is -1.59. The Morgan fingerprint density at radius 3 is 2.44 bits per heavy atom. The number of amides is 2. The van der Waals surface area contributed by atoms with Crippen LogP contribution in [0.1, 0.15) is 26.7 Å². The fourth-order valence-corrected chi connectivity index (χ4v) is 2.25. The Balaban J connectivity index is 2.81. The molecular formula is C12H20N2O4. The fourth-order valence-electron chi connectivity index (χ4n) is 2.25. The maximum atomic E-state index is 12.2. The van der Waals surface area contributed by atoms with Crippen molar-refractivity contribution in [2.75, 3.05) is 20.1 Å². The Bertz CT molecular complexity index is 354. The quantitative estimate of drug-likeness (QED) is 0.761. The lowest BCUT2D eigenvalue weighted by Gasteiger charge is -2.32. The molecule has 1 aliphatic rings. The van der Waals surface area contributed by atoms with Crippen molar-refractivity contribution in [2.24, 2.45) is 5.92 Å². The van der Waals surface area contributed by atoms with Gasteiger partial charge in [0.25, 0.3) is 0 Å². The summed E-state index contributed by atoms with van der Waals surface area (Å²) in [4.78, 5) is 37.3. The molecule has 0 aromatic rings. The van der Waals surface area contributed by atoms with Crippen molar-refractivity contribution in [2.45, 2.75) is 32.7 Å². The third-order valence-corrected chi connectivity index (χ3v) is 3.08. The van der Waals surface area contributed by atoms with E-state index in [2.05, 4.69) is 0 Å². The molecule has 0 unspecified atom stereocenters. The number of carbonyl (C=O) groups is 3. The van der Waals surface area contributed by atoms with Crippen molar-refractivity contribution >= 4 is 17.8 Å². The second-order valence-corrected chi connectivity index (χ2v) is 4.97. The van der Waals surface area contributed by atoms with E-state index in [1.165, 1.54) is 11.9 Å². The van der Waals surface area contributed by atoms with Crippen LogP contribution in [0.25, 0.3) is 0 Å². The zero-order chi connectivity index (χ0) is 13.9. The molecule has 0 bridgehead atoms. The van der Waals surface area contributed by atoms with Crippen molar-refractivity contribution < 1.29 is 19.5 Å². The molecule has 102 valence electrons. The van der Waals surface area contributed by atoms with Gasteiger partial charge >= 0.3 is 5.97 Å². The topological polar surface area (TPSA) is 77.9 Å². The van der Waals surface area contributed by atoms with Crippen LogP contribution in [0, 0.1) is 5.92 Å². The van der Waals surface area contributed by atoms with Crippen LogP contribution in [0.5, 0.6) is 0 Å². The van der Waals surface area contributed by atoms with Crippen LogP contribution in [-0.2, 0) is 14.4 Å². The highest BCUT2D eigenvalue weighted by Crippen LogP contribution is 2.20. The van der Waals surface area contributed by atoms with Gasteiger partial charge < -0.3 is 14.9 Å². The summed E-state index contributed by atoms with van der Waals surface area (Å²) >= 11 is 0. The van der Waals surface area contributed by atoms with Crippen molar-refractivity contribution in [1.82, 2.24) is 9.80 Å². The number of carbonyl (C=O) groups excluding carboxylic acids is 2. The van der Waals surface area contributed by atoms with Crippen LogP contribution in [0.4, 0.5) is 0 Å². The highest BCUT2D eigenvalue weighted by atomic mass is 16.4. The summed E-state index contributed by atoms with van der Waals surface area (Å²) in [6.45, 7) is 3.96. The summed E-state index contributed by atoms with van der Waals surface area (Å²) in [7, 11) is 1.45. The van der Waals surface area contributed by atoms with E-state index in [0.717, 1.165) is 6.42 Å². The lowest BCUT2D eigenvalue weighted by atomic mass is 10.0. The maximum Gasteiger partial charge on any atom is 0.323 e. The van der Waals surface area contributed by atoms with Crippen LogP contribution in [-0.4, -0.2) is 58.9 Å². The molecule has 1 atom stereocenters. The van der Waals surface area contributed by atoms with E-state index >= 15 is 0 Å². The highest BCUT2D eigenvalue weighted by Gasteiger charge is 2.36. The number of carboxylic acid groups (broad SMARTS) is 1. The lowest BCUT2D eigenvalue weighted by molar-refractivity contribution is -0.149. The highest BCUT2D eigenvalue weighted by molar-refractivity contribution is 5.90. The largest absolute Gasteiger partial charge is 0.480 e. The molecule has 1 heterocycles. The first-order valence-corrected chi connectivity index (χ1v) is 6.10. The third-order valence-electron chi connectivity index (χ3n) is 3.08. The first-order chi connectivity index (χ1) is 8.34. The van der Waals surface area contributed by atoms with E-state index < -0.39 is 12.0 Å². The summed E-state index contributed by atoms with van der Waals surface area (Å²) in [5.41, 5.74) is 0. The van der Waals surface area contributed by atoms with Gasteiger partial charge in [-0.3, -0.25) is 14.4 Å². The second-order valence-electron chi connectivity index (χ2n) is 4.97. The molecule has 2 amide bonds. The molecule has 0 radical (unpaired) electrons. The van der Waals surface area contributed by atoms with Gasteiger partial charge in [-0.15, -0.1) is 0 Å². The molecule has 0 aromatic carbocycles. The summed E-state index contributed by atoms with van der Waals surface area (Å²) in [6, 6.07) is -0.552. The number of carboxylic acids is 1. The number of aliphatic carboxylic acids is 1. The Morgan fingerprint density at radius 2 is 2.06 bits per heavy atom. The average molecular weight is 256 g/mol. The van der Waals surface area contributed by atoms with Gasteiger partial charge in [0.05, 0.1) is 0 Å². The molecule has 1 saturated heterocycles. The van der Waals surface area contributed by atoms with E-state index in [1.54, 1.807) is 4.90 Å². The second kappa shape index (κ2) is 5.84. The average Bonchev–Trinajstić information content (AvgIpc) is 2.63. The van der Waals surface area contributed by atoms with Crippen LogP contribution in [0.2, 0.25) is 0 Å².